The number of fused-ring (bicyclic) bond motifs is 5. The molecule has 0 N–H and O–H groups in total. The summed E-state index contributed by atoms with van der Waals surface area (Å²) in [4.78, 5) is 5.58. The van der Waals surface area contributed by atoms with Crippen molar-refractivity contribution in [2.24, 2.45) is 0 Å². The van der Waals surface area contributed by atoms with Gasteiger partial charge in [0.15, 0.2) is 0 Å². The van der Waals surface area contributed by atoms with Crippen LogP contribution >= 0.6 is 11.3 Å². The summed E-state index contributed by atoms with van der Waals surface area (Å²) in [5, 5.41) is 3.13. The van der Waals surface area contributed by atoms with Crippen molar-refractivity contribution in [3.05, 3.63) is 64.2 Å². The Morgan fingerprint density at radius 3 is 2.77 bits per heavy atom. The molecule has 3 aromatic heterocycles. The molecule has 2 nitrogen and oxygen atoms in total. The summed E-state index contributed by atoms with van der Waals surface area (Å²) in [6.45, 7) is -0.935. The van der Waals surface area contributed by atoms with E-state index in [1.54, 1.807) is 11.3 Å². The van der Waals surface area contributed by atoms with E-state index in [0.717, 1.165) is 27.3 Å². The Balaban J connectivity index is 1.81. The third-order valence-electron chi connectivity index (χ3n) is 4.98. The van der Waals surface area contributed by atoms with Gasteiger partial charge in [-0.2, -0.15) is 0 Å². The van der Waals surface area contributed by atoms with Gasteiger partial charge in [-0.25, -0.2) is 0 Å². The van der Waals surface area contributed by atoms with Gasteiger partial charge in [-0.1, -0.05) is 12.1 Å². The van der Waals surface area contributed by atoms with E-state index >= 15 is 0 Å². The lowest BCUT2D eigenvalue weighted by molar-refractivity contribution is 0.670. The third-order valence-corrected chi connectivity index (χ3v) is 6.22. The summed E-state index contributed by atoms with van der Waals surface area (Å²) in [5.74, 6) is 0. The number of rotatable bonds is 1. The van der Waals surface area contributed by atoms with Crippen LogP contribution in [0.25, 0.3) is 43.3 Å². The second-order valence-corrected chi connectivity index (χ2v) is 7.72. The lowest BCUT2D eigenvalue weighted by atomic mass is 10.0. The van der Waals surface area contributed by atoms with E-state index in [1.165, 1.54) is 21.9 Å². The van der Waals surface area contributed by atoms with E-state index < -0.39 is 13.7 Å². The molecule has 3 heterocycles. The minimum atomic E-state index is -2.58. The van der Waals surface area contributed by atoms with E-state index in [1.807, 2.05) is 24.3 Å². The SMILES string of the molecule is [2H]C([2H])([2H])c1cnc(-c2cccc3c2oc2ccc4c(C)c(C)sc4c23)cc1C([2H])([2H])[2H]. The topological polar surface area (TPSA) is 26.0 Å². The maximum absolute atomic E-state index is 7.85. The minimum absolute atomic E-state index is 0.220. The highest BCUT2D eigenvalue weighted by Gasteiger charge is 2.17. The van der Waals surface area contributed by atoms with Crippen LogP contribution in [0.3, 0.4) is 0 Å². The Bertz CT molecular complexity index is 1520. The van der Waals surface area contributed by atoms with Crippen molar-refractivity contribution >= 4 is 43.4 Å². The largest absolute Gasteiger partial charge is 0.455 e. The smallest absolute Gasteiger partial charge is 0.144 e. The second-order valence-electron chi connectivity index (χ2n) is 6.50. The molecule has 0 saturated heterocycles. The van der Waals surface area contributed by atoms with Crippen LogP contribution < -0.4 is 0 Å². The van der Waals surface area contributed by atoms with E-state index in [0.29, 0.717) is 16.8 Å². The van der Waals surface area contributed by atoms with E-state index in [9.17, 15) is 0 Å². The maximum Gasteiger partial charge on any atom is 0.144 e. The molecule has 2 aromatic carbocycles. The first kappa shape index (κ1) is 10.5. The zero-order chi connectivity index (χ0) is 23.0. The summed E-state index contributed by atoms with van der Waals surface area (Å²) < 4.78 is 54.0. The minimum Gasteiger partial charge on any atom is -0.455 e. The summed E-state index contributed by atoms with van der Waals surface area (Å²) in [5.41, 5.74) is 3.11. The van der Waals surface area contributed by atoms with Crippen LogP contribution in [-0.2, 0) is 0 Å². The van der Waals surface area contributed by atoms with Gasteiger partial charge in [0.05, 0.1) is 5.69 Å². The van der Waals surface area contributed by atoms with Crippen LogP contribution in [0, 0.1) is 27.6 Å². The zero-order valence-corrected chi connectivity index (χ0v) is 15.1. The lowest BCUT2D eigenvalue weighted by Gasteiger charge is -2.05. The van der Waals surface area contributed by atoms with Crippen molar-refractivity contribution in [3.8, 4) is 11.3 Å². The molecule has 0 amide bonds. The molecular formula is C23H19NOS. The number of pyridine rings is 1. The molecule has 0 aliphatic heterocycles. The fourth-order valence-corrected chi connectivity index (χ4v) is 4.70. The van der Waals surface area contributed by atoms with Crippen LogP contribution in [0.2, 0.25) is 0 Å². The van der Waals surface area contributed by atoms with Gasteiger partial charge in [0.1, 0.15) is 11.2 Å². The Kier molecular flexibility index (Phi) is 2.19. The first-order valence-electron chi connectivity index (χ1n) is 11.3. The number of para-hydroxylation sites is 1. The molecule has 0 atom stereocenters. The Morgan fingerprint density at radius 2 is 1.92 bits per heavy atom. The molecule has 128 valence electrons. The van der Waals surface area contributed by atoms with E-state index in [4.69, 9.17) is 12.6 Å². The molecule has 0 aliphatic rings. The molecule has 0 spiro atoms. The molecule has 5 aromatic rings. The van der Waals surface area contributed by atoms with Gasteiger partial charge in [0, 0.05) is 40.3 Å². The molecular weight excluding hydrogens is 338 g/mol. The predicted molar refractivity (Wildman–Crippen MR) is 111 cm³/mol. The lowest BCUT2D eigenvalue weighted by Crippen LogP contribution is -1.88. The first-order chi connectivity index (χ1) is 15.0. The molecule has 3 heteroatoms. The monoisotopic (exact) mass is 363 g/mol. The fourth-order valence-electron chi connectivity index (χ4n) is 3.48. The summed E-state index contributed by atoms with van der Waals surface area (Å²) in [7, 11) is 0. The fraction of sp³-hybridized carbons (Fsp3) is 0.174. The molecule has 0 aliphatic carbocycles. The van der Waals surface area contributed by atoms with Crippen LogP contribution in [0.1, 0.15) is 29.8 Å². The first-order valence-corrected chi connectivity index (χ1v) is 9.14. The molecule has 0 fully saturated rings. The number of aryl methyl sites for hydroxylation is 4. The predicted octanol–water partition coefficient (Wildman–Crippen LogP) is 7.10. The number of hydrogen-bond donors (Lipinski definition) is 0. The standard InChI is InChI=1S/C23H19NOS/c1-12-10-19(24-11-13(12)2)17-6-5-7-18-21-20(25-22(17)18)9-8-16-14(3)15(4)26-23(16)21/h5-11H,1-4H3/i1D3,2D3. The number of hydrogen-bond acceptors (Lipinski definition) is 3. The van der Waals surface area contributed by atoms with Crippen molar-refractivity contribution in [1.29, 1.82) is 0 Å². The summed E-state index contributed by atoms with van der Waals surface area (Å²) in [6.07, 6.45) is 1.15. The highest BCUT2D eigenvalue weighted by atomic mass is 32.1. The number of aromatic nitrogens is 1. The van der Waals surface area contributed by atoms with Gasteiger partial charge in [-0.15, -0.1) is 11.3 Å². The van der Waals surface area contributed by atoms with Gasteiger partial charge >= 0.3 is 0 Å². The molecule has 0 saturated carbocycles. The van der Waals surface area contributed by atoms with Gasteiger partial charge in [0.25, 0.3) is 0 Å². The number of benzene rings is 2. The molecule has 5 rings (SSSR count). The Labute approximate surface area is 164 Å². The quantitative estimate of drug-likeness (QED) is 0.317. The van der Waals surface area contributed by atoms with Gasteiger partial charge in [0.2, 0.25) is 0 Å². The van der Waals surface area contributed by atoms with Crippen molar-refractivity contribution in [3.63, 3.8) is 0 Å². The number of nitrogens with zero attached hydrogens (tertiary/aromatic N) is 1. The van der Waals surface area contributed by atoms with Gasteiger partial charge in [-0.05, 0) is 73.9 Å². The number of thiophene rings is 1. The van der Waals surface area contributed by atoms with Crippen molar-refractivity contribution in [1.82, 2.24) is 4.98 Å². The van der Waals surface area contributed by atoms with Crippen LogP contribution in [0.15, 0.2) is 47.0 Å². The summed E-state index contributed by atoms with van der Waals surface area (Å²) in [6, 6.07) is 11.1. The van der Waals surface area contributed by atoms with Crippen LogP contribution in [0.5, 0.6) is 0 Å². The van der Waals surface area contributed by atoms with Gasteiger partial charge in [-0.3, -0.25) is 4.98 Å². The highest BCUT2D eigenvalue weighted by Crippen LogP contribution is 2.42. The Hall–Kier alpha value is -2.65. The van der Waals surface area contributed by atoms with Crippen LogP contribution in [0.4, 0.5) is 0 Å². The zero-order valence-electron chi connectivity index (χ0n) is 20.3. The van der Waals surface area contributed by atoms with Crippen molar-refractivity contribution in [2.45, 2.75) is 27.6 Å². The number of furan rings is 1. The third kappa shape index (κ3) is 2.07. The molecule has 26 heavy (non-hydrogen) atoms. The maximum atomic E-state index is 7.85. The van der Waals surface area contributed by atoms with Crippen LogP contribution in [-0.4, -0.2) is 4.98 Å². The van der Waals surface area contributed by atoms with Gasteiger partial charge < -0.3 is 4.42 Å². The average Bonchev–Trinajstić information content (AvgIpc) is 3.23. The summed E-state index contributed by atoms with van der Waals surface area (Å²) >= 11 is 1.73. The molecule has 0 bridgehead atoms. The van der Waals surface area contributed by atoms with E-state index in [2.05, 4.69) is 24.9 Å². The van der Waals surface area contributed by atoms with Crippen molar-refractivity contribution < 1.29 is 12.6 Å². The second kappa shape index (κ2) is 5.42. The molecule has 0 unspecified atom stereocenters. The Morgan fingerprint density at radius 1 is 1.04 bits per heavy atom. The molecule has 0 radical (unpaired) electrons. The normalized spacial score (nSPS) is 16.2. The highest BCUT2D eigenvalue weighted by molar-refractivity contribution is 7.20. The van der Waals surface area contributed by atoms with E-state index in [-0.39, 0.29) is 11.1 Å². The van der Waals surface area contributed by atoms with Crippen molar-refractivity contribution in [2.75, 3.05) is 0 Å². The average molecular weight is 364 g/mol.